The second-order valence-corrected chi connectivity index (χ2v) is 11.1. The number of amides is 3. The Kier molecular flexibility index (Phi) is 9.59. The molecule has 11 nitrogen and oxygen atoms in total. The summed E-state index contributed by atoms with van der Waals surface area (Å²) in [7, 11) is 0. The lowest BCUT2D eigenvalue weighted by Crippen LogP contribution is -2.57. The number of aromatic nitrogens is 2. The van der Waals surface area contributed by atoms with Gasteiger partial charge in [-0.2, -0.15) is 0 Å². The summed E-state index contributed by atoms with van der Waals surface area (Å²) in [6, 6.07) is 20.0. The minimum Gasteiger partial charge on any atom is -0.480 e. The first kappa shape index (κ1) is 31.0. The molecule has 5 aromatic rings. The van der Waals surface area contributed by atoms with Crippen molar-refractivity contribution in [2.75, 3.05) is 0 Å². The summed E-state index contributed by atoms with van der Waals surface area (Å²) in [5.41, 5.74) is 10.2. The lowest BCUT2D eigenvalue weighted by Gasteiger charge is -2.24. The van der Waals surface area contributed by atoms with Crippen LogP contribution in [0.15, 0.2) is 91.3 Å². The number of rotatable bonds is 13. The highest BCUT2D eigenvalue weighted by Gasteiger charge is 2.30. The third-order valence-electron chi connectivity index (χ3n) is 7.83. The number of nitrogens with two attached hydrogens (primary N) is 1. The second kappa shape index (κ2) is 13.9. The van der Waals surface area contributed by atoms with Crippen molar-refractivity contribution in [1.29, 1.82) is 0 Å². The van der Waals surface area contributed by atoms with Gasteiger partial charge in [-0.15, -0.1) is 0 Å². The number of carbonyl (C=O) groups excluding carboxylic acids is 3. The Labute approximate surface area is 259 Å². The molecule has 0 bridgehead atoms. The fraction of sp³-hybridized carbons (Fsp3) is 0.235. The number of H-pyrrole nitrogens is 2. The van der Waals surface area contributed by atoms with Gasteiger partial charge in [0.25, 0.3) is 0 Å². The van der Waals surface area contributed by atoms with Crippen LogP contribution in [0.25, 0.3) is 21.8 Å². The van der Waals surface area contributed by atoms with Gasteiger partial charge in [0.15, 0.2) is 0 Å². The first-order chi connectivity index (χ1) is 21.7. The molecule has 0 aliphatic rings. The SMILES string of the molecule is CC(NC(=O)C(N)Cc1ccccc1)C(=O)NC(Cc1c[nH]c2ccccc12)C(=O)NC(Cc1c[nH]c2ccccc12)C(=O)O. The van der Waals surface area contributed by atoms with Crippen molar-refractivity contribution in [2.24, 2.45) is 5.73 Å². The number of nitrogens with one attached hydrogen (secondary N) is 5. The van der Waals surface area contributed by atoms with E-state index in [9.17, 15) is 24.3 Å². The molecule has 2 heterocycles. The van der Waals surface area contributed by atoms with E-state index in [4.69, 9.17) is 5.73 Å². The van der Waals surface area contributed by atoms with Crippen molar-refractivity contribution in [1.82, 2.24) is 25.9 Å². The van der Waals surface area contributed by atoms with Crippen LogP contribution in [0.1, 0.15) is 23.6 Å². The number of para-hydroxylation sites is 2. The molecular formula is C34H36N6O5. The van der Waals surface area contributed by atoms with Crippen LogP contribution in [0.2, 0.25) is 0 Å². The highest BCUT2D eigenvalue weighted by atomic mass is 16.4. The first-order valence-electron chi connectivity index (χ1n) is 14.7. The van der Waals surface area contributed by atoms with Crippen molar-refractivity contribution in [3.05, 3.63) is 108 Å². The predicted molar refractivity (Wildman–Crippen MR) is 171 cm³/mol. The average Bonchev–Trinajstić information content (AvgIpc) is 3.64. The van der Waals surface area contributed by atoms with Crippen LogP contribution in [0.5, 0.6) is 0 Å². The minimum absolute atomic E-state index is 0.0323. The van der Waals surface area contributed by atoms with E-state index in [1.165, 1.54) is 6.92 Å². The maximum atomic E-state index is 13.7. The molecule has 0 spiro atoms. The molecule has 11 heteroatoms. The van der Waals surface area contributed by atoms with Gasteiger partial charge in [-0.3, -0.25) is 14.4 Å². The second-order valence-electron chi connectivity index (χ2n) is 11.1. The van der Waals surface area contributed by atoms with Crippen molar-refractivity contribution in [3.8, 4) is 0 Å². The predicted octanol–water partition coefficient (Wildman–Crippen LogP) is 2.56. The number of carbonyl (C=O) groups is 4. The molecule has 5 rings (SSSR count). The zero-order valence-electron chi connectivity index (χ0n) is 24.7. The molecule has 232 valence electrons. The molecule has 0 fully saturated rings. The Morgan fingerprint density at radius 1 is 0.667 bits per heavy atom. The van der Waals surface area contributed by atoms with Crippen molar-refractivity contribution >= 4 is 45.5 Å². The van der Waals surface area contributed by atoms with Gasteiger partial charge in [-0.05, 0) is 42.2 Å². The summed E-state index contributed by atoms with van der Waals surface area (Å²) >= 11 is 0. The molecule has 0 aliphatic carbocycles. The fourth-order valence-corrected chi connectivity index (χ4v) is 5.37. The Morgan fingerprint density at radius 3 is 1.76 bits per heavy atom. The van der Waals surface area contributed by atoms with Crippen molar-refractivity contribution in [2.45, 2.75) is 50.4 Å². The van der Waals surface area contributed by atoms with Gasteiger partial charge in [-0.25, -0.2) is 4.79 Å². The third-order valence-corrected chi connectivity index (χ3v) is 7.83. The molecule has 4 unspecified atom stereocenters. The van der Waals surface area contributed by atoms with E-state index in [1.54, 1.807) is 12.4 Å². The topological polar surface area (TPSA) is 182 Å². The molecule has 3 amide bonds. The number of hydrogen-bond donors (Lipinski definition) is 7. The van der Waals surface area contributed by atoms with Gasteiger partial charge in [-0.1, -0.05) is 66.7 Å². The molecule has 2 aromatic heterocycles. The van der Waals surface area contributed by atoms with Crippen LogP contribution in [0.3, 0.4) is 0 Å². The third kappa shape index (κ3) is 7.57. The van der Waals surface area contributed by atoms with E-state index >= 15 is 0 Å². The summed E-state index contributed by atoms with van der Waals surface area (Å²) in [5.74, 6) is -3.00. The molecule has 0 saturated heterocycles. The molecule has 0 aliphatic heterocycles. The Morgan fingerprint density at radius 2 is 1.18 bits per heavy atom. The molecule has 45 heavy (non-hydrogen) atoms. The maximum absolute atomic E-state index is 13.7. The Hall–Kier alpha value is -5.42. The van der Waals surface area contributed by atoms with Crippen molar-refractivity contribution < 1.29 is 24.3 Å². The lowest BCUT2D eigenvalue weighted by atomic mass is 10.0. The number of benzene rings is 3. The maximum Gasteiger partial charge on any atom is 0.326 e. The summed E-state index contributed by atoms with van der Waals surface area (Å²) in [6.07, 6.45) is 3.88. The van der Waals surface area contributed by atoms with Crippen LogP contribution < -0.4 is 21.7 Å². The van der Waals surface area contributed by atoms with Crippen LogP contribution in [-0.4, -0.2) is 62.9 Å². The van der Waals surface area contributed by atoms with Gasteiger partial charge >= 0.3 is 5.97 Å². The van der Waals surface area contributed by atoms with Gasteiger partial charge < -0.3 is 36.8 Å². The van der Waals surface area contributed by atoms with E-state index in [1.807, 2.05) is 78.9 Å². The zero-order chi connectivity index (χ0) is 31.9. The van der Waals surface area contributed by atoms with E-state index < -0.39 is 47.9 Å². The van der Waals surface area contributed by atoms with Crippen LogP contribution >= 0.6 is 0 Å². The van der Waals surface area contributed by atoms with Gasteiger partial charge in [0.1, 0.15) is 18.1 Å². The summed E-state index contributed by atoms with van der Waals surface area (Å²) in [4.78, 5) is 58.3. The number of aromatic amines is 2. The Balaban J connectivity index is 1.31. The summed E-state index contributed by atoms with van der Waals surface area (Å²) in [5, 5.41) is 19.7. The quantitative estimate of drug-likeness (QED) is 0.108. The van der Waals surface area contributed by atoms with Crippen molar-refractivity contribution in [3.63, 3.8) is 0 Å². The minimum atomic E-state index is -1.26. The number of fused-ring (bicyclic) bond motifs is 2. The molecule has 3 aromatic carbocycles. The largest absolute Gasteiger partial charge is 0.480 e. The molecule has 0 saturated carbocycles. The smallest absolute Gasteiger partial charge is 0.326 e. The highest BCUT2D eigenvalue weighted by Crippen LogP contribution is 2.21. The zero-order valence-corrected chi connectivity index (χ0v) is 24.7. The number of carboxylic acid groups (broad SMARTS) is 1. The highest BCUT2D eigenvalue weighted by molar-refractivity contribution is 5.95. The normalized spacial score (nSPS) is 13.9. The number of carboxylic acids is 1. The monoisotopic (exact) mass is 608 g/mol. The van der Waals surface area contributed by atoms with Crippen LogP contribution in [-0.2, 0) is 38.4 Å². The molecule has 0 radical (unpaired) electrons. The Bertz CT molecular complexity index is 1810. The first-order valence-corrected chi connectivity index (χ1v) is 14.7. The van der Waals surface area contributed by atoms with Crippen LogP contribution in [0, 0.1) is 0 Å². The molecular weight excluding hydrogens is 572 g/mol. The van der Waals surface area contributed by atoms with Gasteiger partial charge in [0.05, 0.1) is 6.04 Å². The van der Waals surface area contributed by atoms with Gasteiger partial charge in [0.2, 0.25) is 17.7 Å². The lowest BCUT2D eigenvalue weighted by molar-refractivity contribution is -0.142. The van der Waals surface area contributed by atoms with Crippen LogP contribution in [0.4, 0.5) is 0 Å². The summed E-state index contributed by atoms with van der Waals surface area (Å²) < 4.78 is 0. The average molecular weight is 609 g/mol. The fourth-order valence-electron chi connectivity index (χ4n) is 5.37. The number of hydrogen-bond acceptors (Lipinski definition) is 5. The van der Waals surface area contributed by atoms with Gasteiger partial charge in [0, 0.05) is 47.0 Å². The standard InChI is InChI=1S/C34H36N6O5/c1-20(38-32(42)26(35)15-21-9-3-2-4-10-21)31(41)39-29(16-22-18-36-27-13-7-5-11-24(22)27)33(43)40-30(34(44)45)17-23-19-37-28-14-8-6-12-25(23)28/h2-14,18-20,26,29-30,36-37H,15-17,35H2,1H3,(H,38,42)(H,39,41)(H,40,43)(H,44,45). The van der Waals surface area contributed by atoms with E-state index in [2.05, 4.69) is 25.9 Å². The van der Waals surface area contributed by atoms with E-state index in [0.29, 0.717) is 6.42 Å². The van der Waals surface area contributed by atoms with E-state index in [0.717, 1.165) is 38.5 Å². The van der Waals surface area contributed by atoms with E-state index in [-0.39, 0.29) is 12.8 Å². The number of aliphatic carboxylic acids is 1. The molecule has 8 N–H and O–H groups in total. The summed E-state index contributed by atoms with van der Waals surface area (Å²) in [6.45, 7) is 1.50. The molecule has 4 atom stereocenters.